The Morgan fingerprint density at radius 3 is 2.76 bits per heavy atom. The zero-order valence-electron chi connectivity index (χ0n) is 18.9. The molecule has 0 saturated carbocycles. The molecule has 2 aromatic heterocycles. The molecule has 6 atom stereocenters. The number of nitrogens with zero attached hydrogens (tertiary/aromatic N) is 5. The molecule has 1 saturated heterocycles. The van der Waals surface area contributed by atoms with Crippen LogP contribution in [0.4, 0.5) is 16.2 Å². The third-order valence-electron chi connectivity index (χ3n) is 4.83. The molecule has 13 nitrogen and oxygen atoms in total. The highest BCUT2D eigenvalue weighted by Crippen LogP contribution is 2.36. The number of hydrogen-bond donors (Lipinski definition) is 3. The highest BCUT2D eigenvalue weighted by molar-refractivity contribution is 7.36. The third kappa shape index (κ3) is 5.58. The molecule has 1 aliphatic rings. The average Bonchev–Trinajstić information content (AvgIpc) is 3.26. The number of nitrogen functional groups attached to an aromatic ring is 1. The molecule has 2 aromatic rings. The zero-order valence-corrected chi connectivity index (χ0v) is 19.9. The van der Waals surface area contributed by atoms with Crippen LogP contribution in [-0.2, 0) is 23.4 Å². The number of aliphatic hydroxyl groups is 1. The minimum Gasteiger partial charge on any atom is -0.462 e. The highest BCUT2D eigenvalue weighted by atomic mass is 31.1. The van der Waals surface area contributed by atoms with Crippen LogP contribution in [0.1, 0.15) is 27.0 Å². The number of alkyl halides is 1. The summed E-state index contributed by atoms with van der Waals surface area (Å²) in [5, 5.41) is 12.8. The van der Waals surface area contributed by atoms with Gasteiger partial charge in [-0.1, -0.05) is 0 Å². The number of nitrogens with two attached hydrogens (primary N) is 1. The second-order valence-corrected chi connectivity index (χ2v) is 9.23. The lowest BCUT2D eigenvalue weighted by atomic mass is 10.1. The fourth-order valence-electron chi connectivity index (χ4n) is 3.25. The smallest absolute Gasteiger partial charge is 0.323 e. The first-order valence-electron chi connectivity index (χ1n) is 10.3. The summed E-state index contributed by atoms with van der Waals surface area (Å²) in [6.07, 6.45) is -4.78. The van der Waals surface area contributed by atoms with Gasteiger partial charge in [-0.25, -0.2) is 14.5 Å². The molecule has 0 aromatic carbocycles. The van der Waals surface area contributed by atoms with Crippen molar-refractivity contribution in [2.24, 2.45) is 0 Å². The predicted octanol–water partition coefficient (Wildman–Crippen LogP) is 0.407. The van der Waals surface area contributed by atoms with Gasteiger partial charge >= 0.3 is 5.97 Å². The van der Waals surface area contributed by atoms with Crippen molar-refractivity contribution in [3.8, 4) is 0 Å². The molecule has 33 heavy (non-hydrogen) atoms. The molecule has 1 aliphatic heterocycles. The molecule has 4 N–H and O–H groups in total. The first kappa shape index (κ1) is 25.2. The molecule has 3 heterocycles. The van der Waals surface area contributed by atoms with E-state index in [9.17, 15) is 18.9 Å². The molecule has 0 spiro atoms. The van der Waals surface area contributed by atoms with Crippen LogP contribution in [0.25, 0.3) is 11.2 Å². The van der Waals surface area contributed by atoms with Gasteiger partial charge in [-0.15, -0.1) is 0 Å². The molecular formula is C18H29FN7O6P. The van der Waals surface area contributed by atoms with Gasteiger partial charge in [-0.3, -0.25) is 13.9 Å². The summed E-state index contributed by atoms with van der Waals surface area (Å²) < 4.78 is 44.3. The van der Waals surface area contributed by atoms with Crippen molar-refractivity contribution in [2.75, 3.05) is 31.3 Å². The summed E-state index contributed by atoms with van der Waals surface area (Å²) in [6, 6.07) is -0.872. The van der Waals surface area contributed by atoms with Crippen LogP contribution in [0.5, 0.6) is 0 Å². The quantitative estimate of drug-likeness (QED) is 0.328. The Kier molecular flexibility index (Phi) is 7.85. The van der Waals surface area contributed by atoms with Crippen molar-refractivity contribution < 1.29 is 32.9 Å². The van der Waals surface area contributed by atoms with E-state index in [1.54, 1.807) is 32.8 Å². The number of fused-ring (bicyclic) bond motifs is 1. The van der Waals surface area contributed by atoms with Gasteiger partial charge in [-0.2, -0.15) is 9.97 Å². The summed E-state index contributed by atoms with van der Waals surface area (Å²) in [5.74, 6) is -0.172. The molecule has 0 amide bonds. The van der Waals surface area contributed by atoms with Crippen LogP contribution in [0, 0.1) is 0 Å². The lowest BCUT2D eigenvalue weighted by Crippen LogP contribution is -2.34. The molecule has 0 radical (unpaired) electrons. The lowest BCUT2D eigenvalue weighted by Gasteiger charge is -2.18. The van der Waals surface area contributed by atoms with Crippen molar-refractivity contribution in [3.63, 3.8) is 0 Å². The number of anilines is 2. The molecule has 1 fully saturated rings. The minimum atomic E-state index is -2.90. The van der Waals surface area contributed by atoms with Gasteiger partial charge in [-0.05, 0) is 20.8 Å². The molecule has 15 heteroatoms. The van der Waals surface area contributed by atoms with Crippen LogP contribution in [-0.4, -0.2) is 81.8 Å². The molecule has 184 valence electrons. The summed E-state index contributed by atoms with van der Waals surface area (Å²) in [5.41, 5.74) is 6.40. The largest absolute Gasteiger partial charge is 0.462 e. The third-order valence-corrected chi connectivity index (χ3v) is 5.93. The van der Waals surface area contributed by atoms with E-state index in [1.165, 1.54) is 17.8 Å². The number of carbonyl (C=O) groups is 1. The number of nitrogens with one attached hydrogen (secondary N) is 1. The number of imidazole rings is 1. The van der Waals surface area contributed by atoms with Gasteiger partial charge in [0, 0.05) is 14.1 Å². The zero-order chi connectivity index (χ0) is 24.4. The summed E-state index contributed by atoms with van der Waals surface area (Å²) >= 11 is 0. The Balaban J connectivity index is 1.67. The average molecular weight is 489 g/mol. The lowest BCUT2D eigenvalue weighted by molar-refractivity contribution is -0.149. The molecular weight excluding hydrogens is 460 g/mol. The van der Waals surface area contributed by atoms with E-state index in [0.29, 0.717) is 11.3 Å². The first-order valence-corrected chi connectivity index (χ1v) is 11.6. The first-order chi connectivity index (χ1) is 15.5. The van der Waals surface area contributed by atoms with E-state index < -0.39 is 44.8 Å². The topological polar surface area (TPSA) is 167 Å². The maximum absolute atomic E-state index is 14.9. The minimum absolute atomic E-state index is 0.0310. The van der Waals surface area contributed by atoms with Crippen molar-refractivity contribution >= 4 is 37.1 Å². The van der Waals surface area contributed by atoms with Gasteiger partial charge in [0.2, 0.25) is 5.95 Å². The van der Waals surface area contributed by atoms with Crippen molar-refractivity contribution in [1.29, 1.82) is 0 Å². The summed E-state index contributed by atoms with van der Waals surface area (Å²) in [7, 11) is 0.604. The van der Waals surface area contributed by atoms with Crippen molar-refractivity contribution in [2.45, 2.75) is 57.5 Å². The number of halogens is 1. The van der Waals surface area contributed by atoms with E-state index in [2.05, 4.69) is 20.0 Å². The van der Waals surface area contributed by atoms with Gasteiger partial charge in [0.05, 0.1) is 19.0 Å². The van der Waals surface area contributed by atoms with Gasteiger partial charge < -0.3 is 29.7 Å². The Bertz CT molecular complexity index is 1020. The van der Waals surface area contributed by atoms with E-state index in [-0.39, 0.29) is 24.3 Å². The van der Waals surface area contributed by atoms with E-state index in [0.717, 1.165) is 0 Å². The monoisotopic (exact) mass is 489 g/mol. The summed E-state index contributed by atoms with van der Waals surface area (Å²) in [4.78, 5) is 26.0. The number of esters is 1. The maximum atomic E-state index is 14.9. The normalized spacial score (nSPS) is 24.8. The SMILES string of the molecule is CC(C)OC(=O)[C@H](C)N[PH](=O)OC[C@H]1O[C@@H](n2cnc3c(N(C)C)nc(N)nc32)[C@H](F)[C@@H]1O. The number of rotatable bonds is 9. The number of carbonyl (C=O) groups excluding carboxylic acids is 1. The van der Waals surface area contributed by atoms with Crippen LogP contribution in [0.15, 0.2) is 6.33 Å². The van der Waals surface area contributed by atoms with Crippen LogP contribution >= 0.6 is 8.18 Å². The van der Waals surface area contributed by atoms with Crippen molar-refractivity contribution in [3.05, 3.63) is 6.33 Å². The van der Waals surface area contributed by atoms with Crippen LogP contribution < -0.4 is 15.7 Å². The number of aliphatic hydroxyl groups excluding tert-OH is 1. The molecule has 3 rings (SSSR count). The fourth-order valence-corrected chi connectivity index (χ4v) is 4.12. The van der Waals surface area contributed by atoms with E-state index in [1.807, 2.05) is 0 Å². The van der Waals surface area contributed by atoms with Crippen LogP contribution in [0.2, 0.25) is 0 Å². The van der Waals surface area contributed by atoms with Gasteiger partial charge in [0.1, 0.15) is 18.2 Å². The maximum Gasteiger partial charge on any atom is 0.323 e. The Morgan fingerprint density at radius 2 is 2.12 bits per heavy atom. The van der Waals surface area contributed by atoms with Crippen LogP contribution in [0.3, 0.4) is 0 Å². The molecule has 0 aliphatic carbocycles. The molecule has 0 bridgehead atoms. The van der Waals surface area contributed by atoms with Crippen molar-refractivity contribution in [1.82, 2.24) is 24.6 Å². The Hall–Kier alpha value is -2.38. The van der Waals surface area contributed by atoms with E-state index >= 15 is 0 Å². The second-order valence-electron chi connectivity index (χ2n) is 8.07. The van der Waals surface area contributed by atoms with Gasteiger partial charge in [0.15, 0.2) is 29.4 Å². The second kappa shape index (κ2) is 10.3. The fraction of sp³-hybridized carbons (Fsp3) is 0.667. The Labute approximate surface area is 190 Å². The number of hydrogen-bond acceptors (Lipinski definition) is 11. The number of ether oxygens (including phenoxy) is 2. The standard InChI is InChI=1S/C18H29FN7O6P/c1-8(2)31-17(28)9(3)24-33(29)30-6-10-13(27)11(19)16(32-10)26-7-21-12-14(25(4)5)22-18(20)23-15(12)26/h7-11,13,16,27,33H,6H2,1-5H3,(H,24,29)(H2,20,22,23)/t9-,10+,11+,13+,16+/m0/s1. The van der Waals surface area contributed by atoms with Gasteiger partial charge in [0.25, 0.3) is 8.18 Å². The Morgan fingerprint density at radius 1 is 1.42 bits per heavy atom. The number of aromatic nitrogens is 4. The molecule has 1 unspecified atom stereocenters. The van der Waals surface area contributed by atoms with E-state index in [4.69, 9.17) is 19.7 Å². The highest BCUT2D eigenvalue weighted by Gasteiger charge is 2.46. The summed E-state index contributed by atoms with van der Waals surface area (Å²) in [6.45, 7) is 4.49. The predicted molar refractivity (Wildman–Crippen MR) is 118 cm³/mol.